The van der Waals surface area contributed by atoms with Crippen molar-refractivity contribution in [3.8, 4) is 0 Å². The number of aryl methyl sites for hydroxylation is 1. The van der Waals surface area contributed by atoms with Crippen molar-refractivity contribution >= 4 is 51.8 Å². The number of guanidine groups is 1. The van der Waals surface area contributed by atoms with Gasteiger partial charge < -0.3 is 20.1 Å². The lowest BCUT2D eigenvalue weighted by molar-refractivity contribution is -0.120. The molecule has 124 valence electrons. The lowest BCUT2D eigenvalue weighted by Gasteiger charge is -2.22. The molecule has 8 heteroatoms. The molecule has 2 rings (SSSR count). The van der Waals surface area contributed by atoms with Gasteiger partial charge in [0.1, 0.15) is 0 Å². The Morgan fingerprint density at radius 1 is 1.55 bits per heavy atom. The average molecular weight is 484 g/mol. The third-order valence-electron chi connectivity index (χ3n) is 3.40. The molecule has 0 unspecified atom stereocenters. The van der Waals surface area contributed by atoms with Crippen molar-refractivity contribution in [2.75, 3.05) is 20.6 Å². The van der Waals surface area contributed by atoms with Gasteiger partial charge in [0.15, 0.2) is 5.96 Å². The third kappa shape index (κ3) is 5.79. The zero-order valence-electron chi connectivity index (χ0n) is 13.1. The molecule has 0 bridgehead atoms. The van der Waals surface area contributed by atoms with E-state index in [4.69, 9.17) is 0 Å². The summed E-state index contributed by atoms with van der Waals surface area (Å²) in [6, 6.07) is 2.46. The van der Waals surface area contributed by atoms with Gasteiger partial charge in [-0.05, 0) is 34.8 Å². The normalized spacial score (nSPS) is 14.3. The Hall–Kier alpha value is -0.770. The number of rotatable bonds is 5. The van der Waals surface area contributed by atoms with E-state index >= 15 is 0 Å². The van der Waals surface area contributed by atoms with Gasteiger partial charge in [-0.15, -0.1) is 24.0 Å². The molecule has 0 aromatic carbocycles. The van der Waals surface area contributed by atoms with Gasteiger partial charge in [-0.1, -0.05) is 0 Å². The standard InChI is InChI=1S/C14H22BrN5O.HI/c1-16-14(17-7-13(21)18-11-4-5-11)20(3)9-12-6-10(15)8-19(12)2;/h6,8,11H,4-5,7,9H2,1-3H3,(H,16,17)(H,18,21);1H. The van der Waals surface area contributed by atoms with Crippen LogP contribution in [0.4, 0.5) is 0 Å². The second kappa shape index (κ2) is 8.76. The van der Waals surface area contributed by atoms with E-state index in [1.807, 2.05) is 25.2 Å². The van der Waals surface area contributed by atoms with Crippen LogP contribution in [0, 0.1) is 0 Å². The van der Waals surface area contributed by atoms with E-state index < -0.39 is 0 Å². The largest absolute Gasteiger partial charge is 0.352 e. The molecule has 2 N–H and O–H groups in total. The Morgan fingerprint density at radius 2 is 2.23 bits per heavy atom. The van der Waals surface area contributed by atoms with Gasteiger partial charge in [0, 0.05) is 43.5 Å². The minimum Gasteiger partial charge on any atom is -0.352 e. The molecule has 1 aromatic heterocycles. The number of carbonyl (C=O) groups excluding carboxylic acids is 1. The summed E-state index contributed by atoms with van der Waals surface area (Å²) >= 11 is 3.47. The van der Waals surface area contributed by atoms with Crippen LogP contribution in [0.15, 0.2) is 21.7 Å². The molecule has 0 aliphatic heterocycles. The second-order valence-electron chi connectivity index (χ2n) is 5.36. The van der Waals surface area contributed by atoms with Crippen molar-refractivity contribution in [3.63, 3.8) is 0 Å². The number of carbonyl (C=O) groups is 1. The zero-order valence-corrected chi connectivity index (χ0v) is 17.0. The Balaban J connectivity index is 0.00000242. The highest BCUT2D eigenvalue weighted by Gasteiger charge is 2.23. The Labute approximate surface area is 156 Å². The first-order valence-electron chi connectivity index (χ1n) is 7.01. The third-order valence-corrected chi connectivity index (χ3v) is 3.83. The van der Waals surface area contributed by atoms with Crippen molar-refractivity contribution in [2.24, 2.45) is 12.0 Å². The molecular formula is C14H23BrIN5O. The smallest absolute Gasteiger partial charge is 0.239 e. The lowest BCUT2D eigenvalue weighted by atomic mass is 10.4. The summed E-state index contributed by atoms with van der Waals surface area (Å²) in [6.45, 7) is 0.969. The molecule has 1 aliphatic rings. The van der Waals surface area contributed by atoms with E-state index in [0.29, 0.717) is 18.5 Å². The highest BCUT2D eigenvalue weighted by atomic mass is 127. The van der Waals surface area contributed by atoms with Crippen molar-refractivity contribution in [2.45, 2.75) is 25.4 Å². The number of aromatic nitrogens is 1. The number of nitrogens with one attached hydrogen (secondary N) is 2. The molecule has 0 spiro atoms. The number of hydrogen-bond donors (Lipinski definition) is 2. The number of aliphatic imine (C=N–C) groups is 1. The van der Waals surface area contributed by atoms with Gasteiger partial charge in [0.25, 0.3) is 0 Å². The van der Waals surface area contributed by atoms with Gasteiger partial charge in [0.2, 0.25) is 5.91 Å². The average Bonchev–Trinajstić information content (AvgIpc) is 3.16. The molecular weight excluding hydrogens is 461 g/mol. The van der Waals surface area contributed by atoms with Crippen LogP contribution in [0.25, 0.3) is 0 Å². The fraction of sp³-hybridized carbons (Fsp3) is 0.571. The maximum Gasteiger partial charge on any atom is 0.239 e. The second-order valence-corrected chi connectivity index (χ2v) is 6.27. The van der Waals surface area contributed by atoms with E-state index in [1.165, 1.54) is 0 Å². The van der Waals surface area contributed by atoms with Gasteiger partial charge >= 0.3 is 0 Å². The summed E-state index contributed by atoms with van der Waals surface area (Å²) in [5.41, 5.74) is 1.16. The maximum atomic E-state index is 11.7. The van der Waals surface area contributed by atoms with Crippen LogP contribution in [0.5, 0.6) is 0 Å². The molecule has 22 heavy (non-hydrogen) atoms. The highest BCUT2D eigenvalue weighted by Crippen LogP contribution is 2.18. The van der Waals surface area contributed by atoms with E-state index in [9.17, 15) is 4.79 Å². The molecule has 1 aromatic rings. The van der Waals surface area contributed by atoms with Crippen molar-refractivity contribution in [1.29, 1.82) is 0 Å². The molecule has 0 saturated heterocycles. The van der Waals surface area contributed by atoms with Crippen LogP contribution in [0.1, 0.15) is 18.5 Å². The van der Waals surface area contributed by atoms with Gasteiger partial charge in [-0.3, -0.25) is 9.79 Å². The summed E-state index contributed by atoms with van der Waals surface area (Å²) in [5.74, 6) is 0.729. The molecule has 1 fully saturated rings. The predicted octanol–water partition coefficient (Wildman–Crippen LogP) is 1.69. The van der Waals surface area contributed by atoms with Gasteiger partial charge in [-0.25, -0.2) is 0 Å². The van der Waals surface area contributed by atoms with E-state index in [2.05, 4.69) is 42.2 Å². The SMILES string of the molecule is CN=C(NCC(=O)NC1CC1)N(C)Cc1cc(Br)cn1C.I. The minimum absolute atomic E-state index is 0. The molecule has 1 heterocycles. The van der Waals surface area contributed by atoms with Crippen LogP contribution in [-0.4, -0.2) is 48.0 Å². The highest BCUT2D eigenvalue weighted by molar-refractivity contribution is 14.0. The number of hydrogen-bond acceptors (Lipinski definition) is 2. The summed E-state index contributed by atoms with van der Waals surface area (Å²) < 4.78 is 3.12. The fourth-order valence-corrected chi connectivity index (χ4v) is 2.66. The van der Waals surface area contributed by atoms with Crippen LogP contribution >= 0.6 is 39.9 Å². The first-order valence-corrected chi connectivity index (χ1v) is 7.80. The van der Waals surface area contributed by atoms with Gasteiger partial charge in [-0.2, -0.15) is 0 Å². The molecule has 1 saturated carbocycles. The first kappa shape index (κ1) is 19.3. The monoisotopic (exact) mass is 483 g/mol. The van der Waals surface area contributed by atoms with Gasteiger partial charge in [0.05, 0.1) is 13.1 Å². The molecule has 0 radical (unpaired) electrons. The summed E-state index contributed by atoms with van der Waals surface area (Å²) in [5, 5.41) is 6.04. The zero-order chi connectivity index (χ0) is 15.4. The van der Waals surface area contributed by atoms with Crippen LogP contribution in [0.3, 0.4) is 0 Å². The quantitative estimate of drug-likeness (QED) is 0.380. The predicted molar refractivity (Wildman–Crippen MR) is 103 cm³/mol. The van der Waals surface area contributed by atoms with E-state index in [1.54, 1.807) is 7.05 Å². The molecule has 6 nitrogen and oxygen atoms in total. The van der Waals surface area contributed by atoms with Crippen LogP contribution < -0.4 is 10.6 Å². The minimum atomic E-state index is 0. The summed E-state index contributed by atoms with van der Waals surface area (Å²) in [4.78, 5) is 17.9. The summed E-state index contributed by atoms with van der Waals surface area (Å²) in [6.07, 6.45) is 4.22. The van der Waals surface area contributed by atoms with E-state index in [0.717, 1.165) is 23.0 Å². The number of amides is 1. The maximum absolute atomic E-state index is 11.7. The lowest BCUT2D eigenvalue weighted by Crippen LogP contribution is -2.44. The Morgan fingerprint density at radius 3 is 2.73 bits per heavy atom. The molecule has 0 atom stereocenters. The summed E-state index contributed by atoms with van der Waals surface area (Å²) in [7, 11) is 5.68. The fourth-order valence-electron chi connectivity index (χ4n) is 2.09. The molecule has 1 aliphatic carbocycles. The van der Waals surface area contributed by atoms with Crippen molar-refractivity contribution < 1.29 is 4.79 Å². The number of halogens is 2. The van der Waals surface area contributed by atoms with E-state index in [-0.39, 0.29) is 36.4 Å². The van der Waals surface area contributed by atoms with Crippen LogP contribution in [0.2, 0.25) is 0 Å². The Bertz CT molecular complexity index is 541. The van der Waals surface area contributed by atoms with Crippen LogP contribution in [-0.2, 0) is 18.4 Å². The number of nitrogens with zero attached hydrogens (tertiary/aromatic N) is 3. The topological polar surface area (TPSA) is 61.7 Å². The van der Waals surface area contributed by atoms with Crippen molar-refractivity contribution in [3.05, 3.63) is 22.4 Å². The van der Waals surface area contributed by atoms with Crippen molar-refractivity contribution in [1.82, 2.24) is 20.1 Å². The Kier molecular flexibility index (Phi) is 7.67. The first-order chi connectivity index (χ1) is 9.99. The molecule has 1 amide bonds.